The Bertz CT molecular complexity index is 748. The van der Waals surface area contributed by atoms with Gasteiger partial charge < -0.3 is 15.8 Å². The topological polar surface area (TPSA) is 76.7 Å². The minimum atomic E-state index is -0.148. The van der Waals surface area contributed by atoms with Gasteiger partial charge in [0.05, 0.1) is 6.04 Å². The average Bonchev–Trinajstić information content (AvgIpc) is 3.01. The zero-order valence-electron chi connectivity index (χ0n) is 13.0. The summed E-state index contributed by atoms with van der Waals surface area (Å²) in [5.74, 6) is -0.148. The van der Waals surface area contributed by atoms with Gasteiger partial charge in [-0.3, -0.25) is 4.79 Å². The Morgan fingerprint density at radius 1 is 1.25 bits per heavy atom. The van der Waals surface area contributed by atoms with Crippen molar-refractivity contribution in [3.63, 3.8) is 0 Å². The van der Waals surface area contributed by atoms with E-state index in [0.717, 1.165) is 18.4 Å². The van der Waals surface area contributed by atoms with Gasteiger partial charge in [-0.25, -0.2) is 4.99 Å². The number of hydrogen-bond donors (Lipinski definition) is 2. The quantitative estimate of drug-likeness (QED) is 0.870. The smallest absolute Gasteiger partial charge is 0.282 e. The van der Waals surface area contributed by atoms with Gasteiger partial charge in [0.1, 0.15) is 6.61 Å². The number of benzene rings is 2. The third-order valence-corrected chi connectivity index (χ3v) is 4.07. The summed E-state index contributed by atoms with van der Waals surface area (Å²) in [6.45, 7) is 0.549. The van der Waals surface area contributed by atoms with E-state index in [1.165, 1.54) is 0 Å². The molecule has 0 saturated carbocycles. The third-order valence-electron chi connectivity index (χ3n) is 3.82. The number of halogens is 1. The first-order chi connectivity index (χ1) is 11.6. The molecule has 1 aliphatic rings. The molecule has 0 fully saturated rings. The predicted octanol–water partition coefficient (Wildman–Crippen LogP) is 3.48. The van der Waals surface area contributed by atoms with Crippen molar-refractivity contribution in [1.29, 1.82) is 0 Å². The standard InChI is InChI=1S/C18H18ClN3O2.H2/c19-14-6-9-15(10-7-14)21-17(23)13-4-1-12(2-5-13)3-8-16-11-24-18(20)22-16;/h1-2,4-7,9-10,16H,3,8,11H2,(H2,20,22)(H,21,23);1H/t16-;/m0./s1. The molecule has 2 aromatic rings. The maximum atomic E-state index is 12.2. The van der Waals surface area contributed by atoms with E-state index in [1.807, 2.05) is 24.3 Å². The summed E-state index contributed by atoms with van der Waals surface area (Å²) in [5, 5.41) is 3.48. The van der Waals surface area contributed by atoms with Gasteiger partial charge in [-0.1, -0.05) is 23.7 Å². The highest BCUT2D eigenvalue weighted by Gasteiger charge is 2.16. The number of nitrogens with one attached hydrogen (secondary N) is 1. The number of amides is 1. The summed E-state index contributed by atoms with van der Waals surface area (Å²) in [7, 11) is 0. The third kappa shape index (κ3) is 4.26. The molecule has 0 saturated heterocycles. The first-order valence-electron chi connectivity index (χ1n) is 7.72. The van der Waals surface area contributed by atoms with Crippen molar-refractivity contribution in [3.8, 4) is 0 Å². The van der Waals surface area contributed by atoms with E-state index in [2.05, 4.69) is 10.3 Å². The van der Waals surface area contributed by atoms with Crippen LogP contribution in [-0.4, -0.2) is 24.6 Å². The van der Waals surface area contributed by atoms with E-state index < -0.39 is 0 Å². The minimum absolute atomic E-state index is 0. The van der Waals surface area contributed by atoms with Crippen LogP contribution in [0.2, 0.25) is 5.02 Å². The lowest BCUT2D eigenvalue weighted by Crippen LogP contribution is -2.12. The van der Waals surface area contributed by atoms with Gasteiger partial charge in [0.25, 0.3) is 11.9 Å². The van der Waals surface area contributed by atoms with E-state index in [4.69, 9.17) is 22.1 Å². The Kier molecular flexibility index (Phi) is 5.01. The molecule has 24 heavy (non-hydrogen) atoms. The molecule has 126 valence electrons. The van der Waals surface area contributed by atoms with Crippen LogP contribution >= 0.6 is 11.6 Å². The lowest BCUT2D eigenvalue weighted by molar-refractivity contribution is 0.102. The molecule has 0 aromatic heterocycles. The van der Waals surface area contributed by atoms with Crippen LogP contribution in [0.4, 0.5) is 5.69 Å². The fourth-order valence-corrected chi connectivity index (χ4v) is 2.60. The summed E-state index contributed by atoms with van der Waals surface area (Å²) < 4.78 is 5.13. The Labute approximate surface area is 147 Å². The van der Waals surface area contributed by atoms with Crippen molar-refractivity contribution in [2.75, 3.05) is 11.9 Å². The largest absolute Gasteiger partial charge is 0.463 e. The van der Waals surface area contributed by atoms with E-state index >= 15 is 0 Å². The Morgan fingerprint density at radius 2 is 1.96 bits per heavy atom. The summed E-state index contributed by atoms with van der Waals surface area (Å²) in [5.41, 5.74) is 7.97. The monoisotopic (exact) mass is 345 g/mol. The number of nitrogens with zero attached hydrogens (tertiary/aromatic N) is 1. The molecule has 5 nitrogen and oxygen atoms in total. The van der Waals surface area contributed by atoms with Crippen LogP contribution < -0.4 is 11.1 Å². The van der Waals surface area contributed by atoms with Gasteiger partial charge in [0.15, 0.2) is 0 Å². The molecule has 0 radical (unpaired) electrons. The number of ether oxygens (including phenoxy) is 1. The summed E-state index contributed by atoms with van der Waals surface area (Å²) in [6, 6.07) is 15.0. The number of carbonyl (C=O) groups excluding carboxylic acids is 1. The first kappa shape index (κ1) is 16.3. The minimum Gasteiger partial charge on any atom is -0.463 e. The second-order valence-corrected chi connectivity index (χ2v) is 6.07. The number of aliphatic imine (C=N–C) groups is 1. The highest BCUT2D eigenvalue weighted by Crippen LogP contribution is 2.16. The molecule has 1 heterocycles. The van der Waals surface area contributed by atoms with Crippen LogP contribution in [0.5, 0.6) is 0 Å². The number of anilines is 1. The van der Waals surface area contributed by atoms with Crippen LogP contribution in [0, 0.1) is 0 Å². The summed E-state index contributed by atoms with van der Waals surface area (Å²) in [4.78, 5) is 16.4. The number of carbonyl (C=O) groups is 1. The van der Waals surface area contributed by atoms with Crippen molar-refractivity contribution >= 4 is 29.2 Å². The highest BCUT2D eigenvalue weighted by molar-refractivity contribution is 6.30. The van der Waals surface area contributed by atoms with E-state index in [-0.39, 0.29) is 19.4 Å². The maximum Gasteiger partial charge on any atom is 0.282 e. The van der Waals surface area contributed by atoms with Gasteiger partial charge in [-0.05, 0) is 54.8 Å². The Morgan fingerprint density at radius 3 is 2.58 bits per heavy atom. The molecule has 3 rings (SSSR count). The van der Waals surface area contributed by atoms with Crippen LogP contribution in [-0.2, 0) is 11.2 Å². The summed E-state index contributed by atoms with van der Waals surface area (Å²) in [6.07, 6.45) is 1.74. The molecular formula is C18H20ClN3O2. The van der Waals surface area contributed by atoms with E-state index in [9.17, 15) is 4.79 Å². The number of rotatable bonds is 5. The second kappa shape index (κ2) is 7.36. The fourth-order valence-electron chi connectivity index (χ4n) is 2.48. The van der Waals surface area contributed by atoms with Crippen molar-refractivity contribution in [1.82, 2.24) is 0 Å². The fraction of sp³-hybridized carbons (Fsp3) is 0.222. The Hall–Kier alpha value is -2.53. The maximum absolute atomic E-state index is 12.2. The van der Waals surface area contributed by atoms with Gasteiger partial charge >= 0.3 is 0 Å². The molecular weight excluding hydrogens is 326 g/mol. The van der Waals surface area contributed by atoms with Crippen molar-refractivity contribution < 1.29 is 11.0 Å². The molecule has 1 aliphatic heterocycles. The molecule has 1 atom stereocenters. The molecule has 3 N–H and O–H groups in total. The highest BCUT2D eigenvalue weighted by atomic mass is 35.5. The number of hydrogen-bond acceptors (Lipinski definition) is 4. The molecule has 0 spiro atoms. The normalized spacial score (nSPS) is 16.4. The number of aryl methyl sites for hydroxylation is 1. The van der Waals surface area contributed by atoms with Crippen molar-refractivity contribution in [2.45, 2.75) is 18.9 Å². The van der Waals surface area contributed by atoms with Crippen LogP contribution in [0.1, 0.15) is 23.8 Å². The van der Waals surface area contributed by atoms with Crippen molar-refractivity contribution in [2.24, 2.45) is 10.7 Å². The molecule has 0 unspecified atom stereocenters. The zero-order chi connectivity index (χ0) is 16.9. The van der Waals surface area contributed by atoms with Gasteiger partial charge in [0, 0.05) is 17.7 Å². The van der Waals surface area contributed by atoms with Crippen LogP contribution in [0.15, 0.2) is 53.5 Å². The van der Waals surface area contributed by atoms with E-state index in [1.54, 1.807) is 24.3 Å². The van der Waals surface area contributed by atoms with Crippen molar-refractivity contribution in [3.05, 3.63) is 64.7 Å². The van der Waals surface area contributed by atoms with Gasteiger partial charge in [-0.2, -0.15) is 0 Å². The second-order valence-electron chi connectivity index (χ2n) is 5.63. The molecule has 1 amide bonds. The SMILES string of the molecule is NC1=N[C@@H](CCc2ccc(C(=O)Nc3ccc(Cl)cc3)cc2)CO1.[HH]. The molecule has 6 heteroatoms. The zero-order valence-corrected chi connectivity index (χ0v) is 13.8. The van der Waals surface area contributed by atoms with Gasteiger partial charge in [0.2, 0.25) is 0 Å². The molecule has 2 aromatic carbocycles. The Balaban J connectivity index is 0.00000225. The number of nitrogens with two attached hydrogens (primary N) is 1. The lowest BCUT2D eigenvalue weighted by Gasteiger charge is -2.07. The number of amidine groups is 1. The van der Waals surface area contributed by atoms with Crippen LogP contribution in [0.3, 0.4) is 0 Å². The molecule has 0 aliphatic carbocycles. The van der Waals surface area contributed by atoms with Gasteiger partial charge in [-0.15, -0.1) is 0 Å². The molecule has 0 bridgehead atoms. The summed E-state index contributed by atoms with van der Waals surface area (Å²) >= 11 is 5.83. The lowest BCUT2D eigenvalue weighted by atomic mass is 10.0. The average molecular weight is 346 g/mol. The van der Waals surface area contributed by atoms with E-state index in [0.29, 0.717) is 22.9 Å². The predicted molar refractivity (Wildman–Crippen MR) is 97.6 cm³/mol. The first-order valence-corrected chi connectivity index (χ1v) is 8.10. The van der Waals surface area contributed by atoms with Crippen LogP contribution in [0.25, 0.3) is 0 Å².